The number of hydrogen-bond donors (Lipinski definition) is 1. The highest BCUT2D eigenvalue weighted by Gasteiger charge is 2.06. The largest absolute Gasteiger partial charge is 0.454 e. The van der Waals surface area contributed by atoms with Crippen LogP contribution < -0.4 is 10.1 Å². The lowest BCUT2D eigenvalue weighted by Gasteiger charge is -2.09. The van der Waals surface area contributed by atoms with Crippen LogP contribution in [-0.4, -0.2) is 6.54 Å². The lowest BCUT2D eigenvalue weighted by atomic mass is 10.2. The number of aryl methyl sites for hydroxylation is 1. The molecular formula is C17H20FNO. The molecule has 1 N–H and O–H groups in total. The summed E-state index contributed by atoms with van der Waals surface area (Å²) in [5, 5.41) is 3.25. The van der Waals surface area contributed by atoms with Crippen LogP contribution in [-0.2, 0) is 6.54 Å². The summed E-state index contributed by atoms with van der Waals surface area (Å²) in [6.45, 7) is 5.69. The zero-order valence-corrected chi connectivity index (χ0v) is 11.9. The molecule has 2 nitrogen and oxygen atoms in total. The Kier molecular flexibility index (Phi) is 5.13. The van der Waals surface area contributed by atoms with Gasteiger partial charge in [-0.15, -0.1) is 0 Å². The molecule has 0 spiro atoms. The summed E-state index contributed by atoms with van der Waals surface area (Å²) in [6.07, 6.45) is 1.07. The van der Waals surface area contributed by atoms with E-state index < -0.39 is 0 Å². The summed E-state index contributed by atoms with van der Waals surface area (Å²) in [7, 11) is 0. The second-order valence-corrected chi connectivity index (χ2v) is 4.86. The first-order chi connectivity index (χ1) is 9.69. The summed E-state index contributed by atoms with van der Waals surface area (Å²) in [4.78, 5) is 0. The van der Waals surface area contributed by atoms with Crippen LogP contribution in [0.5, 0.6) is 11.5 Å². The number of hydrogen-bond acceptors (Lipinski definition) is 2. The summed E-state index contributed by atoms with van der Waals surface area (Å²) in [6, 6.07) is 12.7. The second-order valence-electron chi connectivity index (χ2n) is 4.86. The predicted octanol–water partition coefficient (Wildman–Crippen LogP) is 4.43. The van der Waals surface area contributed by atoms with Gasteiger partial charge in [-0.1, -0.05) is 25.1 Å². The molecule has 0 amide bonds. The SMILES string of the molecule is CCCNCc1ccc(Oc2cccc(C)c2)c(F)c1. The minimum Gasteiger partial charge on any atom is -0.454 e. The van der Waals surface area contributed by atoms with Gasteiger partial charge in [0.2, 0.25) is 0 Å². The average Bonchev–Trinajstić information content (AvgIpc) is 2.42. The first-order valence-corrected chi connectivity index (χ1v) is 6.92. The van der Waals surface area contributed by atoms with Crippen LogP contribution in [0.1, 0.15) is 24.5 Å². The Bertz CT molecular complexity index is 569. The van der Waals surface area contributed by atoms with Gasteiger partial charge in [0.05, 0.1) is 0 Å². The zero-order valence-electron chi connectivity index (χ0n) is 11.9. The van der Waals surface area contributed by atoms with Crippen molar-refractivity contribution in [2.24, 2.45) is 0 Å². The van der Waals surface area contributed by atoms with E-state index in [9.17, 15) is 4.39 Å². The van der Waals surface area contributed by atoms with E-state index in [1.807, 2.05) is 37.3 Å². The van der Waals surface area contributed by atoms with E-state index in [0.717, 1.165) is 24.1 Å². The molecule has 0 fully saturated rings. The van der Waals surface area contributed by atoms with E-state index in [-0.39, 0.29) is 11.6 Å². The molecule has 3 heteroatoms. The van der Waals surface area contributed by atoms with Crippen molar-refractivity contribution < 1.29 is 9.13 Å². The number of halogens is 1. The molecule has 106 valence electrons. The predicted molar refractivity (Wildman–Crippen MR) is 79.7 cm³/mol. The van der Waals surface area contributed by atoms with Crippen LogP contribution in [0.25, 0.3) is 0 Å². The molecule has 0 aliphatic rings. The van der Waals surface area contributed by atoms with Gasteiger partial charge in [0, 0.05) is 6.54 Å². The van der Waals surface area contributed by atoms with Gasteiger partial charge in [-0.3, -0.25) is 0 Å². The Morgan fingerprint density at radius 1 is 1.15 bits per heavy atom. The molecule has 0 radical (unpaired) electrons. The third-order valence-corrected chi connectivity index (χ3v) is 2.97. The maximum absolute atomic E-state index is 14.0. The summed E-state index contributed by atoms with van der Waals surface area (Å²) in [5.74, 6) is 0.581. The molecule has 0 aliphatic carbocycles. The first kappa shape index (κ1) is 14.5. The lowest BCUT2D eigenvalue weighted by molar-refractivity contribution is 0.441. The molecule has 0 atom stereocenters. The van der Waals surface area contributed by atoms with Crippen LogP contribution in [0.2, 0.25) is 0 Å². The molecule has 2 aromatic rings. The van der Waals surface area contributed by atoms with Gasteiger partial charge in [0.25, 0.3) is 0 Å². The topological polar surface area (TPSA) is 21.3 Å². The van der Waals surface area contributed by atoms with Crippen molar-refractivity contribution in [1.29, 1.82) is 0 Å². The van der Waals surface area contributed by atoms with Crippen LogP contribution >= 0.6 is 0 Å². The lowest BCUT2D eigenvalue weighted by Crippen LogP contribution is -2.13. The van der Waals surface area contributed by atoms with E-state index in [4.69, 9.17) is 4.74 Å². The fraction of sp³-hybridized carbons (Fsp3) is 0.294. The minimum atomic E-state index is -0.331. The smallest absolute Gasteiger partial charge is 0.166 e. The Labute approximate surface area is 119 Å². The van der Waals surface area contributed by atoms with E-state index in [1.54, 1.807) is 6.07 Å². The van der Waals surface area contributed by atoms with E-state index >= 15 is 0 Å². The highest BCUT2D eigenvalue weighted by Crippen LogP contribution is 2.25. The summed E-state index contributed by atoms with van der Waals surface area (Å²) < 4.78 is 19.6. The summed E-state index contributed by atoms with van der Waals surface area (Å²) in [5.41, 5.74) is 2.01. The second kappa shape index (κ2) is 7.06. The van der Waals surface area contributed by atoms with Crippen molar-refractivity contribution in [2.45, 2.75) is 26.8 Å². The molecule has 0 saturated carbocycles. The van der Waals surface area contributed by atoms with Gasteiger partial charge < -0.3 is 10.1 Å². The maximum Gasteiger partial charge on any atom is 0.166 e. The van der Waals surface area contributed by atoms with Crippen molar-refractivity contribution in [3.63, 3.8) is 0 Å². The third-order valence-electron chi connectivity index (χ3n) is 2.97. The normalized spacial score (nSPS) is 10.6. The summed E-state index contributed by atoms with van der Waals surface area (Å²) >= 11 is 0. The highest BCUT2D eigenvalue weighted by atomic mass is 19.1. The maximum atomic E-state index is 14.0. The van der Waals surface area contributed by atoms with E-state index in [0.29, 0.717) is 12.3 Å². The molecule has 0 aliphatic heterocycles. The van der Waals surface area contributed by atoms with Crippen molar-refractivity contribution in [2.75, 3.05) is 6.54 Å². The Balaban J connectivity index is 2.06. The average molecular weight is 273 g/mol. The molecule has 2 aromatic carbocycles. The Hall–Kier alpha value is -1.87. The van der Waals surface area contributed by atoms with Gasteiger partial charge >= 0.3 is 0 Å². The van der Waals surface area contributed by atoms with E-state index in [1.165, 1.54) is 6.07 Å². The fourth-order valence-corrected chi connectivity index (χ4v) is 1.95. The Morgan fingerprint density at radius 2 is 2.00 bits per heavy atom. The molecular weight excluding hydrogens is 253 g/mol. The molecule has 0 unspecified atom stereocenters. The van der Waals surface area contributed by atoms with Gasteiger partial charge in [0.15, 0.2) is 11.6 Å². The molecule has 0 aromatic heterocycles. The molecule has 20 heavy (non-hydrogen) atoms. The standard InChI is InChI=1S/C17H20FNO/c1-3-9-19-12-14-7-8-17(16(18)11-14)20-15-6-4-5-13(2)10-15/h4-8,10-11,19H,3,9,12H2,1-2H3. The van der Waals surface area contributed by atoms with Crippen LogP contribution in [0.3, 0.4) is 0 Å². The zero-order chi connectivity index (χ0) is 14.4. The van der Waals surface area contributed by atoms with Gasteiger partial charge in [-0.2, -0.15) is 0 Å². The van der Waals surface area contributed by atoms with Gasteiger partial charge in [-0.25, -0.2) is 4.39 Å². The number of nitrogens with one attached hydrogen (secondary N) is 1. The minimum absolute atomic E-state index is 0.259. The molecule has 2 rings (SSSR count). The van der Waals surface area contributed by atoms with Crippen molar-refractivity contribution in [3.8, 4) is 11.5 Å². The first-order valence-electron chi connectivity index (χ1n) is 6.92. The van der Waals surface area contributed by atoms with Crippen LogP contribution in [0, 0.1) is 12.7 Å². The van der Waals surface area contributed by atoms with Gasteiger partial charge in [-0.05, 0) is 55.3 Å². The van der Waals surface area contributed by atoms with Crippen molar-refractivity contribution >= 4 is 0 Å². The number of benzene rings is 2. The highest BCUT2D eigenvalue weighted by molar-refractivity contribution is 5.36. The number of ether oxygens (including phenoxy) is 1. The molecule has 0 heterocycles. The van der Waals surface area contributed by atoms with Gasteiger partial charge in [0.1, 0.15) is 5.75 Å². The fourth-order valence-electron chi connectivity index (χ4n) is 1.95. The van der Waals surface area contributed by atoms with Crippen LogP contribution in [0.4, 0.5) is 4.39 Å². The molecule has 0 saturated heterocycles. The van der Waals surface area contributed by atoms with Crippen LogP contribution in [0.15, 0.2) is 42.5 Å². The van der Waals surface area contributed by atoms with Crippen molar-refractivity contribution in [3.05, 3.63) is 59.4 Å². The number of rotatable bonds is 6. The Morgan fingerprint density at radius 3 is 2.70 bits per heavy atom. The van der Waals surface area contributed by atoms with Crippen molar-refractivity contribution in [1.82, 2.24) is 5.32 Å². The molecule has 0 bridgehead atoms. The van der Waals surface area contributed by atoms with E-state index in [2.05, 4.69) is 12.2 Å². The third kappa shape index (κ3) is 4.07. The monoisotopic (exact) mass is 273 g/mol. The quantitative estimate of drug-likeness (QED) is 0.786.